The minimum atomic E-state index is 0.142. The van der Waals surface area contributed by atoms with Gasteiger partial charge >= 0.3 is 0 Å². The maximum atomic E-state index is 6.19. The Morgan fingerprint density at radius 3 is 2.44 bits per heavy atom. The molecule has 1 aromatic rings. The first-order valence-electron chi connectivity index (χ1n) is 6.52. The van der Waals surface area contributed by atoms with Crippen LogP contribution in [-0.2, 0) is 6.42 Å². The van der Waals surface area contributed by atoms with E-state index in [-0.39, 0.29) is 11.5 Å². The van der Waals surface area contributed by atoms with Crippen LogP contribution in [0.1, 0.15) is 44.0 Å². The molecule has 0 aromatic carbocycles. The molecule has 0 radical (unpaired) electrons. The minimum Gasteiger partial charge on any atom is -0.496 e. The third kappa shape index (κ3) is 3.45. The Balaban J connectivity index is 2.81. The van der Waals surface area contributed by atoms with Gasteiger partial charge in [0.2, 0.25) is 0 Å². The van der Waals surface area contributed by atoms with Gasteiger partial charge in [0.15, 0.2) is 0 Å². The Labute approximate surface area is 111 Å². The van der Waals surface area contributed by atoms with Gasteiger partial charge in [-0.25, -0.2) is 0 Å². The highest BCUT2D eigenvalue weighted by molar-refractivity contribution is 5.41. The quantitative estimate of drug-likeness (QED) is 0.893. The highest BCUT2D eigenvalue weighted by atomic mass is 16.5. The number of methoxy groups -OCH3 is 1. The van der Waals surface area contributed by atoms with Gasteiger partial charge in [0.25, 0.3) is 0 Å². The van der Waals surface area contributed by atoms with Gasteiger partial charge in [-0.05, 0) is 32.1 Å². The first-order chi connectivity index (χ1) is 8.27. The maximum absolute atomic E-state index is 6.19. The van der Waals surface area contributed by atoms with E-state index < -0.39 is 0 Å². The van der Waals surface area contributed by atoms with Crippen molar-refractivity contribution in [2.75, 3.05) is 7.11 Å². The number of pyridine rings is 1. The van der Waals surface area contributed by atoms with Crippen LogP contribution in [0.25, 0.3) is 0 Å². The number of hydrogen-bond donors (Lipinski definition) is 1. The van der Waals surface area contributed by atoms with Crippen molar-refractivity contribution in [2.24, 2.45) is 11.1 Å². The van der Waals surface area contributed by atoms with Crippen LogP contribution in [0.15, 0.2) is 6.20 Å². The summed E-state index contributed by atoms with van der Waals surface area (Å²) in [6.45, 7) is 10.6. The molecule has 1 unspecified atom stereocenters. The predicted molar refractivity (Wildman–Crippen MR) is 76.0 cm³/mol. The zero-order valence-electron chi connectivity index (χ0n) is 12.5. The Hall–Kier alpha value is -1.09. The fraction of sp³-hybridized carbons (Fsp3) is 0.667. The van der Waals surface area contributed by atoms with Crippen LogP contribution in [0, 0.1) is 19.3 Å². The number of rotatable bonds is 4. The molecule has 2 N–H and O–H groups in total. The highest BCUT2D eigenvalue weighted by Crippen LogP contribution is 2.26. The largest absolute Gasteiger partial charge is 0.496 e. The third-order valence-corrected chi connectivity index (χ3v) is 3.55. The molecule has 0 bridgehead atoms. The van der Waals surface area contributed by atoms with Gasteiger partial charge in [0, 0.05) is 29.1 Å². The van der Waals surface area contributed by atoms with Crippen molar-refractivity contribution < 1.29 is 4.74 Å². The smallest absolute Gasteiger partial charge is 0.128 e. The van der Waals surface area contributed by atoms with E-state index in [0.29, 0.717) is 0 Å². The summed E-state index contributed by atoms with van der Waals surface area (Å²) in [7, 11) is 1.71. The van der Waals surface area contributed by atoms with Gasteiger partial charge in [-0.1, -0.05) is 20.8 Å². The summed E-state index contributed by atoms with van der Waals surface area (Å²) in [6.07, 6.45) is 3.73. The average Bonchev–Trinajstić information content (AvgIpc) is 2.27. The van der Waals surface area contributed by atoms with Gasteiger partial charge in [0.05, 0.1) is 7.11 Å². The van der Waals surface area contributed by atoms with E-state index in [1.54, 1.807) is 7.11 Å². The van der Waals surface area contributed by atoms with Gasteiger partial charge in [-0.15, -0.1) is 0 Å². The van der Waals surface area contributed by atoms with E-state index in [9.17, 15) is 0 Å². The van der Waals surface area contributed by atoms with Gasteiger partial charge in [-0.3, -0.25) is 4.98 Å². The summed E-state index contributed by atoms with van der Waals surface area (Å²) in [5.74, 6) is 0.948. The van der Waals surface area contributed by atoms with Crippen LogP contribution in [0.4, 0.5) is 0 Å². The number of hydrogen-bond acceptors (Lipinski definition) is 3. The second-order valence-corrected chi connectivity index (χ2v) is 6.06. The molecule has 3 nitrogen and oxygen atoms in total. The van der Waals surface area contributed by atoms with Crippen molar-refractivity contribution in [3.63, 3.8) is 0 Å². The lowest BCUT2D eigenvalue weighted by Gasteiger charge is -2.27. The molecule has 1 heterocycles. The van der Waals surface area contributed by atoms with E-state index >= 15 is 0 Å². The van der Waals surface area contributed by atoms with Crippen LogP contribution in [0.5, 0.6) is 5.75 Å². The summed E-state index contributed by atoms with van der Waals surface area (Å²) >= 11 is 0. The summed E-state index contributed by atoms with van der Waals surface area (Å²) in [5.41, 5.74) is 9.65. The lowest BCUT2D eigenvalue weighted by atomic mass is 9.84. The highest BCUT2D eigenvalue weighted by Gasteiger charge is 2.21. The van der Waals surface area contributed by atoms with E-state index in [2.05, 4.69) is 32.7 Å². The zero-order valence-corrected chi connectivity index (χ0v) is 12.5. The summed E-state index contributed by atoms with van der Waals surface area (Å²) in [6, 6.07) is 0.186. The van der Waals surface area contributed by atoms with E-state index in [1.165, 1.54) is 0 Å². The zero-order chi connectivity index (χ0) is 13.9. The molecule has 0 spiro atoms. The molecule has 0 amide bonds. The van der Waals surface area contributed by atoms with E-state index in [0.717, 1.165) is 35.4 Å². The van der Waals surface area contributed by atoms with Crippen molar-refractivity contribution in [1.29, 1.82) is 0 Å². The number of ether oxygens (including phenoxy) is 1. The molecule has 18 heavy (non-hydrogen) atoms. The molecular weight excluding hydrogens is 224 g/mol. The average molecular weight is 250 g/mol. The molecule has 1 atom stereocenters. The molecule has 0 saturated heterocycles. The van der Waals surface area contributed by atoms with Crippen LogP contribution < -0.4 is 10.5 Å². The van der Waals surface area contributed by atoms with Gasteiger partial charge < -0.3 is 10.5 Å². The number of nitrogens with two attached hydrogens (primary N) is 1. The fourth-order valence-corrected chi connectivity index (χ4v) is 2.05. The fourth-order valence-electron chi connectivity index (χ4n) is 2.05. The molecule has 102 valence electrons. The Morgan fingerprint density at radius 2 is 1.94 bits per heavy atom. The molecule has 0 aliphatic carbocycles. The minimum absolute atomic E-state index is 0.142. The van der Waals surface area contributed by atoms with Crippen molar-refractivity contribution in [3.8, 4) is 5.75 Å². The topological polar surface area (TPSA) is 48.1 Å². The Bertz CT molecular complexity index is 408. The van der Waals surface area contributed by atoms with Crippen molar-refractivity contribution in [3.05, 3.63) is 23.0 Å². The maximum Gasteiger partial charge on any atom is 0.128 e. The van der Waals surface area contributed by atoms with Crippen molar-refractivity contribution in [1.82, 2.24) is 4.98 Å². The molecule has 0 aliphatic heterocycles. The lowest BCUT2D eigenvalue weighted by Crippen LogP contribution is -2.35. The number of aryl methyl sites for hydroxylation is 2. The number of aromatic nitrogens is 1. The molecule has 3 heteroatoms. The van der Waals surface area contributed by atoms with Crippen LogP contribution in [-0.4, -0.2) is 18.1 Å². The van der Waals surface area contributed by atoms with E-state index in [1.807, 2.05) is 13.1 Å². The number of nitrogens with zero attached hydrogens (tertiary/aromatic N) is 1. The lowest BCUT2D eigenvalue weighted by molar-refractivity contribution is 0.305. The second-order valence-electron chi connectivity index (χ2n) is 6.06. The van der Waals surface area contributed by atoms with Crippen molar-refractivity contribution >= 4 is 0 Å². The first-order valence-corrected chi connectivity index (χ1v) is 6.52. The predicted octanol–water partition coefficient (Wildman–Crippen LogP) is 3.01. The molecule has 1 rings (SSSR count). The molecule has 0 fully saturated rings. The first kappa shape index (κ1) is 15.0. The van der Waals surface area contributed by atoms with Crippen LogP contribution in [0.3, 0.4) is 0 Å². The Kier molecular flexibility index (Phi) is 4.74. The summed E-state index contributed by atoms with van der Waals surface area (Å²) in [5, 5.41) is 0. The normalized spacial score (nSPS) is 13.5. The molecule has 1 aromatic heterocycles. The molecule has 0 saturated carbocycles. The Morgan fingerprint density at radius 1 is 1.33 bits per heavy atom. The molecule has 0 aliphatic rings. The van der Waals surface area contributed by atoms with Crippen LogP contribution in [0.2, 0.25) is 0 Å². The summed E-state index contributed by atoms with van der Waals surface area (Å²) in [4.78, 5) is 4.50. The SMILES string of the molecule is COc1c(C)cnc(CCC(N)C(C)(C)C)c1C. The summed E-state index contributed by atoms with van der Waals surface area (Å²) < 4.78 is 5.42. The molecular formula is C15H26N2O. The van der Waals surface area contributed by atoms with Crippen LogP contribution >= 0.6 is 0 Å². The van der Waals surface area contributed by atoms with E-state index in [4.69, 9.17) is 10.5 Å². The monoisotopic (exact) mass is 250 g/mol. The van der Waals surface area contributed by atoms with Gasteiger partial charge in [0.1, 0.15) is 5.75 Å². The van der Waals surface area contributed by atoms with Gasteiger partial charge in [-0.2, -0.15) is 0 Å². The standard InChI is InChI=1S/C15H26N2O/c1-10-9-17-12(11(2)14(10)18-6)7-8-13(16)15(3,4)5/h9,13H,7-8,16H2,1-6H3. The van der Waals surface area contributed by atoms with Crippen molar-refractivity contribution in [2.45, 2.75) is 53.5 Å². The third-order valence-electron chi connectivity index (χ3n) is 3.55. The second kappa shape index (κ2) is 5.70.